The molecule has 8 heteroatoms. The Morgan fingerprint density at radius 1 is 1.38 bits per heavy atom. The van der Waals surface area contributed by atoms with Gasteiger partial charge in [-0.3, -0.25) is 9.78 Å². The fourth-order valence-electron chi connectivity index (χ4n) is 6.10. The maximum atomic E-state index is 12.7. The number of amides is 1. The minimum absolute atomic E-state index is 0.00176. The number of pyridine rings is 1. The summed E-state index contributed by atoms with van der Waals surface area (Å²) in [6, 6.07) is 5.98. The summed E-state index contributed by atoms with van der Waals surface area (Å²) in [5.74, 6) is -0.0280. The van der Waals surface area contributed by atoms with Crippen LogP contribution in [-0.2, 0) is 22.4 Å². The molecule has 186 valence electrons. The van der Waals surface area contributed by atoms with E-state index in [9.17, 15) is 9.90 Å². The van der Waals surface area contributed by atoms with E-state index >= 15 is 0 Å². The lowest BCUT2D eigenvalue weighted by atomic mass is 9.53. The largest absolute Gasteiger partial charge is 0.392 e. The molecule has 6 atom stereocenters. The Morgan fingerprint density at radius 3 is 2.94 bits per heavy atom. The Bertz CT molecular complexity index is 968. The SMILES string of the molecule is COCCNC(=O)C(C)C1CCC2(C)Cc3sc(NCCc4ccccn4)nc3C(C)C2C1O. The minimum atomic E-state index is -0.521. The van der Waals surface area contributed by atoms with E-state index in [2.05, 4.69) is 29.5 Å². The molecule has 0 aliphatic heterocycles. The van der Waals surface area contributed by atoms with Crippen LogP contribution in [0.2, 0.25) is 0 Å². The second-order valence-electron chi connectivity index (χ2n) is 10.2. The van der Waals surface area contributed by atoms with E-state index < -0.39 is 6.10 Å². The monoisotopic (exact) mass is 486 g/mol. The van der Waals surface area contributed by atoms with Gasteiger partial charge in [-0.2, -0.15) is 0 Å². The van der Waals surface area contributed by atoms with Crippen molar-refractivity contribution in [3.05, 3.63) is 40.7 Å². The fourth-order valence-corrected chi connectivity index (χ4v) is 7.39. The van der Waals surface area contributed by atoms with Gasteiger partial charge in [0.25, 0.3) is 0 Å². The topological polar surface area (TPSA) is 96.4 Å². The van der Waals surface area contributed by atoms with Crippen molar-refractivity contribution >= 4 is 22.4 Å². The Hall–Kier alpha value is -2.03. The number of methoxy groups -OCH3 is 1. The van der Waals surface area contributed by atoms with Crippen LogP contribution in [0.3, 0.4) is 0 Å². The average molecular weight is 487 g/mol. The van der Waals surface area contributed by atoms with Crippen LogP contribution in [0.1, 0.15) is 55.8 Å². The Morgan fingerprint density at radius 2 is 2.21 bits per heavy atom. The lowest BCUT2D eigenvalue weighted by Crippen LogP contribution is -2.53. The lowest BCUT2D eigenvalue weighted by Gasteiger charge is -2.53. The molecule has 2 aromatic rings. The standard InChI is InChI=1S/C26H38N4O3S/c1-16(24(32)28-13-14-33-4)19-8-10-26(3)15-20-22(17(2)21(26)23(19)31)30-25(34-20)29-12-9-18-7-5-6-11-27-18/h5-7,11,16-17,19,21,23,31H,8-10,12-15H2,1-4H3,(H,28,32)(H,29,30). The summed E-state index contributed by atoms with van der Waals surface area (Å²) in [6.45, 7) is 8.25. The van der Waals surface area contributed by atoms with Gasteiger partial charge in [0, 0.05) is 55.2 Å². The van der Waals surface area contributed by atoms with Gasteiger partial charge in [-0.15, -0.1) is 11.3 Å². The first-order chi connectivity index (χ1) is 16.3. The summed E-state index contributed by atoms with van der Waals surface area (Å²) in [7, 11) is 1.62. The minimum Gasteiger partial charge on any atom is -0.392 e. The molecule has 6 unspecified atom stereocenters. The van der Waals surface area contributed by atoms with Crippen LogP contribution in [0.5, 0.6) is 0 Å². The molecule has 2 aliphatic carbocycles. The van der Waals surface area contributed by atoms with Gasteiger partial charge in [0.15, 0.2) is 5.13 Å². The van der Waals surface area contributed by atoms with E-state index in [1.54, 1.807) is 18.4 Å². The molecule has 0 aromatic carbocycles. The van der Waals surface area contributed by atoms with E-state index in [4.69, 9.17) is 9.72 Å². The fraction of sp³-hybridized carbons (Fsp3) is 0.654. The van der Waals surface area contributed by atoms with Crippen molar-refractivity contribution in [3.8, 4) is 0 Å². The first kappa shape index (κ1) is 25.1. The summed E-state index contributed by atoms with van der Waals surface area (Å²) in [5.41, 5.74) is 2.20. The molecular formula is C26H38N4O3S. The van der Waals surface area contributed by atoms with Gasteiger partial charge in [0.1, 0.15) is 0 Å². The van der Waals surface area contributed by atoms with Crippen molar-refractivity contribution in [2.45, 2.75) is 58.5 Å². The van der Waals surface area contributed by atoms with Crippen molar-refractivity contribution in [2.75, 3.05) is 32.1 Å². The van der Waals surface area contributed by atoms with Gasteiger partial charge in [-0.25, -0.2) is 4.98 Å². The molecule has 7 nitrogen and oxygen atoms in total. The van der Waals surface area contributed by atoms with Gasteiger partial charge in [-0.05, 0) is 48.6 Å². The highest BCUT2D eigenvalue weighted by Gasteiger charge is 2.53. The van der Waals surface area contributed by atoms with Gasteiger partial charge in [-0.1, -0.05) is 26.8 Å². The van der Waals surface area contributed by atoms with Crippen molar-refractivity contribution in [1.29, 1.82) is 0 Å². The van der Waals surface area contributed by atoms with Crippen molar-refractivity contribution in [3.63, 3.8) is 0 Å². The van der Waals surface area contributed by atoms with E-state index in [-0.39, 0.29) is 35.0 Å². The summed E-state index contributed by atoms with van der Waals surface area (Å²) in [6.07, 6.45) is 4.97. The highest BCUT2D eigenvalue weighted by molar-refractivity contribution is 7.15. The smallest absolute Gasteiger partial charge is 0.223 e. The average Bonchev–Trinajstić information content (AvgIpc) is 3.22. The molecule has 34 heavy (non-hydrogen) atoms. The number of carbonyl (C=O) groups is 1. The van der Waals surface area contributed by atoms with E-state index in [1.807, 2.05) is 31.3 Å². The Kier molecular flexibility index (Phi) is 7.90. The molecule has 2 aromatic heterocycles. The molecule has 2 aliphatic rings. The van der Waals surface area contributed by atoms with Crippen LogP contribution < -0.4 is 10.6 Å². The van der Waals surface area contributed by atoms with E-state index in [0.717, 1.165) is 48.7 Å². The number of nitrogens with zero attached hydrogens (tertiary/aromatic N) is 2. The quantitative estimate of drug-likeness (QED) is 0.468. The predicted octanol–water partition coefficient (Wildman–Crippen LogP) is 3.64. The summed E-state index contributed by atoms with van der Waals surface area (Å²) >= 11 is 1.75. The third-order valence-electron chi connectivity index (χ3n) is 7.97. The summed E-state index contributed by atoms with van der Waals surface area (Å²) in [5, 5.41) is 18.9. The number of carbonyl (C=O) groups excluding carboxylic acids is 1. The van der Waals surface area contributed by atoms with Crippen LogP contribution in [0.4, 0.5) is 5.13 Å². The molecular weight excluding hydrogens is 448 g/mol. The number of nitrogens with one attached hydrogen (secondary N) is 2. The third kappa shape index (κ3) is 5.14. The first-order valence-electron chi connectivity index (χ1n) is 12.4. The van der Waals surface area contributed by atoms with Gasteiger partial charge < -0.3 is 20.5 Å². The highest BCUT2D eigenvalue weighted by Crippen LogP contribution is 2.57. The second-order valence-corrected chi connectivity index (χ2v) is 11.3. The Labute approximate surface area is 206 Å². The molecule has 1 saturated carbocycles. The van der Waals surface area contributed by atoms with Crippen molar-refractivity contribution in [1.82, 2.24) is 15.3 Å². The molecule has 0 saturated heterocycles. The zero-order chi connectivity index (χ0) is 24.3. The van der Waals surface area contributed by atoms with Crippen molar-refractivity contribution < 1.29 is 14.6 Å². The molecule has 0 spiro atoms. The zero-order valence-electron chi connectivity index (χ0n) is 20.7. The number of fused-ring (bicyclic) bond motifs is 2. The maximum Gasteiger partial charge on any atom is 0.223 e. The second kappa shape index (κ2) is 10.7. The zero-order valence-corrected chi connectivity index (χ0v) is 21.5. The maximum absolute atomic E-state index is 12.7. The summed E-state index contributed by atoms with van der Waals surface area (Å²) < 4.78 is 5.04. The molecule has 3 N–H and O–H groups in total. The molecule has 2 heterocycles. The number of hydrogen-bond donors (Lipinski definition) is 3. The lowest BCUT2D eigenvalue weighted by molar-refractivity contribution is -0.135. The Balaban J connectivity index is 1.44. The summed E-state index contributed by atoms with van der Waals surface area (Å²) in [4.78, 5) is 23.4. The predicted molar refractivity (Wildman–Crippen MR) is 135 cm³/mol. The van der Waals surface area contributed by atoms with Crippen LogP contribution in [0.25, 0.3) is 0 Å². The van der Waals surface area contributed by atoms with Gasteiger partial charge in [0.05, 0.1) is 18.4 Å². The first-order valence-corrected chi connectivity index (χ1v) is 13.2. The van der Waals surface area contributed by atoms with Gasteiger partial charge in [0.2, 0.25) is 5.91 Å². The van der Waals surface area contributed by atoms with Crippen LogP contribution >= 0.6 is 11.3 Å². The van der Waals surface area contributed by atoms with Crippen molar-refractivity contribution in [2.24, 2.45) is 23.2 Å². The number of thiazole rings is 1. The molecule has 0 bridgehead atoms. The molecule has 0 radical (unpaired) electrons. The number of ether oxygens (including phenoxy) is 1. The van der Waals surface area contributed by atoms with E-state index in [1.165, 1.54) is 4.88 Å². The number of anilines is 1. The van der Waals surface area contributed by atoms with E-state index in [0.29, 0.717) is 13.2 Å². The third-order valence-corrected chi connectivity index (χ3v) is 9.00. The number of aliphatic hydroxyl groups is 1. The van der Waals surface area contributed by atoms with Crippen LogP contribution in [0.15, 0.2) is 24.4 Å². The normalized spacial score (nSPS) is 29.1. The van der Waals surface area contributed by atoms with Crippen LogP contribution in [-0.4, -0.2) is 53.9 Å². The number of hydrogen-bond acceptors (Lipinski definition) is 7. The molecule has 4 rings (SSSR count). The van der Waals surface area contributed by atoms with Gasteiger partial charge >= 0.3 is 0 Å². The number of rotatable bonds is 9. The molecule has 1 fully saturated rings. The number of aliphatic hydroxyl groups excluding tert-OH is 1. The highest BCUT2D eigenvalue weighted by atomic mass is 32.1. The number of aromatic nitrogens is 2. The van der Waals surface area contributed by atoms with Crippen LogP contribution in [0, 0.1) is 23.2 Å². The molecule has 1 amide bonds.